The van der Waals surface area contributed by atoms with Gasteiger partial charge in [0.2, 0.25) is 0 Å². The van der Waals surface area contributed by atoms with E-state index in [4.69, 9.17) is 14.6 Å². The summed E-state index contributed by atoms with van der Waals surface area (Å²) >= 11 is 0. The number of hydrogen-bond acceptors (Lipinski definition) is 4. The number of carboxylic acid groups (broad SMARTS) is 1. The Labute approximate surface area is 118 Å². The van der Waals surface area contributed by atoms with Crippen molar-refractivity contribution < 1.29 is 19.4 Å². The number of carbonyl (C=O) groups is 1. The minimum Gasteiger partial charge on any atom is -0.479 e. The maximum atomic E-state index is 10.8. The number of carboxylic acids is 1. The van der Waals surface area contributed by atoms with Gasteiger partial charge in [-0.3, -0.25) is 0 Å². The van der Waals surface area contributed by atoms with Gasteiger partial charge in [-0.25, -0.2) is 4.79 Å². The normalized spacial score (nSPS) is 22.1. The van der Waals surface area contributed by atoms with Crippen LogP contribution in [-0.4, -0.2) is 36.9 Å². The van der Waals surface area contributed by atoms with Gasteiger partial charge in [0.05, 0.1) is 12.7 Å². The second-order valence-electron chi connectivity index (χ2n) is 4.99. The summed E-state index contributed by atoms with van der Waals surface area (Å²) in [6.07, 6.45) is 0.749. The number of ether oxygens (including phenoxy) is 2. The molecule has 2 atom stereocenters. The summed E-state index contributed by atoms with van der Waals surface area (Å²) in [5.74, 6) is -0.863. The van der Waals surface area contributed by atoms with Crippen LogP contribution in [0.25, 0.3) is 0 Å². The Balaban J connectivity index is 1.78. The molecule has 0 amide bonds. The van der Waals surface area contributed by atoms with Crippen molar-refractivity contribution >= 4 is 5.97 Å². The van der Waals surface area contributed by atoms with E-state index in [1.165, 1.54) is 11.1 Å². The van der Waals surface area contributed by atoms with Crippen LogP contribution < -0.4 is 5.32 Å². The van der Waals surface area contributed by atoms with Crippen LogP contribution in [0.3, 0.4) is 0 Å². The Morgan fingerprint density at radius 3 is 2.80 bits per heavy atom. The fourth-order valence-electron chi connectivity index (χ4n) is 2.43. The van der Waals surface area contributed by atoms with Crippen molar-refractivity contribution in [3.8, 4) is 0 Å². The van der Waals surface area contributed by atoms with Crippen LogP contribution in [-0.2, 0) is 27.4 Å². The standard InChI is InChI=1S/C15H21NO4/c1-19-10-12-5-3-2-4-11(12)8-16-9-13-6-7-14(20-13)15(17)18/h2-5,13-14,16H,6-10H2,1H3,(H,17,18). The molecule has 0 aromatic heterocycles. The van der Waals surface area contributed by atoms with Gasteiger partial charge in [-0.15, -0.1) is 0 Å². The molecule has 5 nitrogen and oxygen atoms in total. The number of methoxy groups -OCH3 is 1. The summed E-state index contributed by atoms with van der Waals surface area (Å²) in [6, 6.07) is 8.11. The Hall–Kier alpha value is -1.43. The van der Waals surface area contributed by atoms with Crippen molar-refractivity contribution in [2.24, 2.45) is 0 Å². The molecule has 1 heterocycles. The van der Waals surface area contributed by atoms with Crippen molar-refractivity contribution in [2.45, 2.75) is 38.2 Å². The summed E-state index contributed by atoms with van der Waals surface area (Å²) in [7, 11) is 1.68. The molecule has 2 N–H and O–H groups in total. The van der Waals surface area contributed by atoms with Crippen LogP contribution in [0.2, 0.25) is 0 Å². The van der Waals surface area contributed by atoms with Gasteiger partial charge < -0.3 is 19.9 Å². The average molecular weight is 279 g/mol. The van der Waals surface area contributed by atoms with Crippen molar-refractivity contribution in [2.75, 3.05) is 13.7 Å². The van der Waals surface area contributed by atoms with E-state index in [0.29, 0.717) is 19.6 Å². The number of rotatable bonds is 7. The minimum atomic E-state index is -0.863. The second kappa shape index (κ2) is 7.38. The minimum absolute atomic E-state index is 0.00862. The number of benzene rings is 1. The molecule has 2 unspecified atom stereocenters. The first kappa shape index (κ1) is 15.0. The van der Waals surface area contributed by atoms with Gasteiger partial charge in [-0.05, 0) is 24.0 Å². The molecule has 0 saturated carbocycles. The van der Waals surface area contributed by atoms with Crippen LogP contribution in [0.15, 0.2) is 24.3 Å². The zero-order valence-corrected chi connectivity index (χ0v) is 11.7. The Bertz CT molecular complexity index is 449. The summed E-state index contributed by atoms with van der Waals surface area (Å²) in [5.41, 5.74) is 2.36. The Kier molecular flexibility index (Phi) is 5.52. The molecule has 1 saturated heterocycles. The third-order valence-electron chi connectivity index (χ3n) is 3.49. The Morgan fingerprint density at radius 2 is 2.15 bits per heavy atom. The van der Waals surface area contributed by atoms with Crippen LogP contribution >= 0.6 is 0 Å². The van der Waals surface area contributed by atoms with E-state index in [1.54, 1.807) is 7.11 Å². The van der Waals surface area contributed by atoms with Gasteiger partial charge in [0.15, 0.2) is 6.10 Å². The molecule has 1 aliphatic heterocycles. The first-order chi connectivity index (χ1) is 9.70. The van der Waals surface area contributed by atoms with Gasteiger partial charge in [0, 0.05) is 20.2 Å². The summed E-state index contributed by atoms with van der Waals surface area (Å²) in [4.78, 5) is 10.8. The van der Waals surface area contributed by atoms with Crippen LogP contribution in [0.5, 0.6) is 0 Å². The highest BCUT2D eigenvalue weighted by Gasteiger charge is 2.29. The molecular formula is C15H21NO4. The lowest BCUT2D eigenvalue weighted by molar-refractivity contribution is -0.149. The molecule has 1 aromatic carbocycles. The van der Waals surface area contributed by atoms with Crippen LogP contribution in [0.4, 0.5) is 0 Å². The SMILES string of the molecule is COCc1ccccc1CNCC1CCC(C(=O)O)O1. The molecule has 0 spiro atoms. The highest BCUT2D eigenvalue weighted by Crippen LogP contribution is 2.19. The number of nitrogens with one attached hydrogen (secondary N) is 1. The first-order valence-corrected chi connectivity index (χ1v) is 6.85. The molecule has 0 aliphatic carbocycles. The predicted molar refractivity (Wildman–Crippen MR) is 74.4 cm³/mol. The predicted octanol–water partition coefficient (Wildman–Crippen LogP) is 1.55. The molecule has 2 rings (SSSR count). The lowest BCUT2D eigenvalue weighted by atomic mass is 10.1. The highest BCUT2D eigenvalue weighted by molar-refractivity contribution is 5.72. The van der Waals surface area contributed by atoms with Crippen molar-refractivity contribution in [1.29, 1.82) is 0 Å². The second-order valence-corrected chi connectivity index (χ2v) is 4.99. The quantitative estimate of drug-likeness (QED) is 0.792. The van der Waals surface area contributed by atoms with E-state index >= 15 is 0 Å². The van der Waals surface area contributed by atoms with E-state index in [-0.39, 0.29) is 6.10 Å². The third-order valence-corrected chi connectivity index (χ3v) is 3.49. The van der Waals surface area contributed by atoms with Gasteiger partial charge in [0.25, 0.3) is 0 Å². The smallest absolute Gasteiger partial charge is 0.332 e. The van der Waals surface area contributed by atoms with E-state index in [2.05, 4.69) is 11.4 Å². The lowest BCUT2D eigenvalue weighted by Gasteiger charge is -2.14. The van der Waals surface area contributed by atoms with E-state index in [0.717, 1.165) is 13.0 Å². The lowest BCUT2D eigenvalue weighted by Crippen LogP contribution is -2.28. The summed E-state index contributed by atoms with van der Waals surface area (Å²) < 4.78 is 10.6. The van der Waals surface area contributed by atoms with Crippen molar-refractivity contribution in [3.63, 3.8) is 0 Å². The van der Waals surface area contributed by atoms with E-state index in [1.807, 2.05) is 18.2 Å². The topological polar surface area (TPSA) is 67.8 Å². The molecule has 1 fully saturated rings. The first-order valence-electron chi connectivity index (χ1n) is 6.85. The largest absolute Gasteiger partial charge is 0.479 e. The summed E-state index contributed by atoms with van der Waals surface area (Å²) in [5, 5.41) is 12.2. The summed E-state index contributed by atoms with van der Waals surface area (Å²) in [6.45, 7) is 2.00. The molecule has 0 radical (unpaired) electrons. The van der Waals surface area contributed by atoms with E-state index in [9.17, 15) is 4.79 Å². The zero-order chi connectivity index (χ0) is 14.4. The highest BCUT2D eigenvalue weighted by atomic mass is 16.5. The Morgan fingerprint density at radius 1 is 1.40 bits per heavy atom. The van der Waals surface area contributed by atoms with Gasteiger partial charge in [-0.1, -0.05) is 24.3 Å². The molecule has 110 valence electrons. The van der Waals surface area contributed by atoms with Crippen molar-refractivity contribution in [3.05, 3.63) is 35.4 Å². The zero-order valence-electron chi connectivity index (χ0n) is 11.7. The maximum absolute atomic E-state index is 10.8. The van der Waals surface area contributed by atoms with Crippen LogP contribution in [0.1, 0.15) is 24.0 Å². The third kappa shape index (κ3) is 4.03. The number of aliphatic carboxylic acids is 1. The molecule has 1 aromatic rings. The monoisotopic (exact) mass is 279 g/mol. The number of hydrogen-bond donors (Lipinski definition) is 2. The molecule has 20 heavy (non-hydrogen) atoms. The van der Waals surface area contributed by atoms with Gasteiger partial charge in [0.1, 0.15) is 0 Å². The average Bonchev–Trinajstić information content (AvgIpc) is 2.90. The van der Waals surface area contributed by atoms with Gasteiger partial charge in [-0.2, -0.15) is 0 Å². The molecule has 5 heteroatoms. The molecule has 1 aliphatic rings. The van der Waals surface area contributed by atoms with E-state index < -0.39 is 12.1 Å². The fraction of sp³-hybridized carbons (Fsp3) is 0.533. The van der Waals surface area contributed by atoms with Crippen molar-refractivity contribution in [1.82, 2.24) is 5.32 Å². The fourth-order valence-corrected chi connectivity index (χ4v) is 2.43. The maximum Gasteiger partial charge on any atom is 0.332 e. The molecule has 0 bridgehead atoms. The van der Waals surface area contributed by atoms with Crippen LogP contribution in [0, 0.1) is 0 Å². The molecular weight excluding hydrogens is 258 g/mol. The van der Waals surface area contributed by atoms with Gasteiger partial charge >= 0.3 is 5.97 Å².